The second-order valence-electron chi connectivity index (χ2n) is 22.4. The van der Waals surface area contributed by atoms with Gasteiger partial charge in [-0.1, -0.05) is 326 Å². The minimum Gasteiger partial charge on any atom is -0.462 e. The highest BCUT2D eigenvalue weighted by molar-refractivity contribution is 5.71. The van der Waals surface area contributed by atoms with Crippen LogP contribution in [0.25, 0.3) is 0 Å². The smallest absolute Gasteiger partial charge is 0.306 e. The average Bonchev–Trinajstić information content (AvgIpc) is 3.41. The van der Waals surface area contributed by atoms with E-state index in [2.05, 4.69) is 69.4 Å². The van der Waals surface area contributed by atoms with Crippen LogP contribution in [0.4, 0.5) is 0 Å². The van der Waals surface area contributed by atoms with E-state index in [1.807, 2.05) is 0 Å². The molecule has 0 N–H and O–H groups in total. The summed E-state index contributed by atoms with van der Waals surface area (Å²) < 4.78 is 16.9. The first kappa shape index (κ1) is 72.4. The standard InChI is InChI=1S/C69H126O6/c1-4-7-10-13-16-19-22-24-26-28-30-32-34-36-37-39-41-43-45-47-50-53-56-59-62-68(71)74-65-66(64-73-67(70)61-58-55-52-49-21-18-15-12-9-6-3)75-69(72)63-60-57-54-51-48-46-44-42-40-38-35-33-31-29-27-25-23-20-17-14-11-8-5-2/h8,11,17,20,25,27,31,33,66H,4-7,9-10,12-16,18-19,21-24,26,28-30,32,34-65H2,1-3H3/b11-8-,20-17-,27-25-,33-31-. The number of hydrogen-bond donors (Lipinski definition) is 0. The summed E-state index contributed by atoms with van der Waals surface area (Å²) in [6, 6.07) is 0. The maximum Gasteiger partial charge on any atom is 0.306 e. The molecule has 0 aliphatic heterocycles. The SMILES string of the molecule is CC/C=C\C/C=C\C/C=C\C/C=C\CCCCCCCCCCCCC(=O)OC(COC(=O)CCCCCCCCCCCC)COC(=O)CCCCCCCCCCCCCCCCCCCCCCCCCC. The third-order valence-corrected chi connectivity index (χ3v) is 14.8. The van der Waals surface area contributed by atoms with E-state index in [9.17, 15) is 14.4 Å². The molecular formula is C69H126O6. The van der Waals surface area contributed by atoms with Crippen molar-refractivity contribution in [1.29, 1.82) is 0 Å². The molecule has 1 unspecified atom stereocenters. The van der Waals surface area contributed by atoms with Gasteiger partial charge < -0.3 is 14.2 Å². The number of ether oxygens (including phenoxy) is 3. The molecule has 1 atom stereocenters. The number of allylic oxidation sites excluding steroid dienone is 8. The zero-order chi connectivity index (χ0) is 54.3. The predicted molar refractivity (Wildman–Crippen MR) is 325 cm³/mol. The van der Waals surface area contributed by atoms with Crippen molar-refractivity contribution < 1.29 is 28.6 Å². The first-order valence-corrected chi connectivity index (χ1v) is 33.1. The lowest BCUT2D eigenvalue weighted by atomic mass is 10.0. The van der Waals surface area contributed by atoms with E-state index < -0.39 is 6.10 Å². The summed E-state index contributed by atoms with van der Waals surface area (Å²) in [5.41, 5.74) is 0. The van der Waals surface area contributed by atoms with Gasteiger partial charge in [0.1, 0.15) is 13.2 Å². The Morgan fingerprint density at radius 1 is 0.280 bits per heavy atom. The highest BCUT2D eigenvalue weighted by Gasteiger charge is 2.19. The van der Waals surface area contributed by atoms with Crippen LogP contribution in [0.3, 0.4) is 0 Å². The summed E-state index contributed by atoms with van der Waals surface area (Å²) in [6.07, 6.45) is 79.9. The maximum atomic E-state index is 12.9. The van der Waals surface area contributed by atoms with Crippen molar-refractivity contribution >= 4 is 17.9 Å². The predicted octanol–water partition coefficient (Wildman–Crippen LogP) is 22.6. The van der Waals surface area contributed by atoms with Gasteiger partial charge in [-0.3, -0.25) is 14.4 Å². The van der Waals surface area contributed by atoms with E-state index in [0.717, 1.165) is 83.5 Å². The van der Waals surface area contributed by atoms with Crippen LogP contribution in [0, 0.1) is 0 Å². The first-order valence-electron chi connectivity index (χ1n) is 33.1. The van der Waals surface area contributed by atoms with Crippen LogP contribution < -0.4 is 0 Å². The highest BCUT2D eigenvalue weighted by atomic mass is 16.6. The van der Waals surface area contributed by atoms with Gasteiger partial charge in [0.25, 0.3) is 0 Å². The Hall–Kier alpha value is -2.63. The van der Waals surface area contributed by atoms with Crippen molar-refractivity contribution in [1.82, 2.24) is 0 Å². The average molecular weight is 1050 g/mol. The second kappa shape index (κ2) is 63.9. The van der Waals surface area contributed by atoms with Crippen molar-refractivity contribution in [2.24, 2.45) is 0 Å². The zero-order valence-electron chi connectivity index (χ0n) is 50.3. The van der Waals surface area contributed by atoms with Gasteiger partial charge in [0.05, 0.1) is 0 Å². The fourth-order valence-electron chi connectivity index (χ4n) is 9.91. The summed E-state index contributed by atoms with van der Waals surface area (Å²) in [6.45, 7) is 6.57. The Morgan fingerprint density at radius 2 is 0.520 bits per heavy atom. The van der Waals surface area contributed by atoms with E-state index in [0.29, 0.717) is 19.3 Å². The lowest BCUT2D eigenvalue weighted by Gasteiger charge is -2.18. The zero-order valence-corrected chi connectivity index (χ0v) is 50.3. The molecule has 0 aromatic heterocycles. The van der Waals surface area contributed by atoms with Gasteiger partial charge in [0.15, 0.2) is 6.10 Å². The Bertz CT molecular complexity index is 1300. The van der Waals surface area contributed by atoms with Crippen LogP contribution >= 0.6 is 0 Å². The van der Waals surface area contributed by atoms with Crippen molar-refractivity contribution in [2.75, 3.05) is 13.2 Å². The minimum absolute atomic E-state index is 0.0695. The number of esters is 3. The van der Waals surface area contributed by atoms with Gasteiger partial charge in [-0.15, -0.1) is 0 Å². The van der Waals surface area contributed by atoms with Crippen LogP contribution in [0.5, 0.6) is 0 Å². The first-order chi connectivity index (χ1) is 37.0. The molecule has 0 aliphatic rings. The second-order valence-corrected chi connectivity index (χ2v) is 22.4. The Labute approximate surface area is 467 Å². The fraction of sp³-hybridized carbons (Fsp3) is 0.841. The molecule has 438 valence electrons. The Kier molecular flexibility index (Phi) is 61.7. The molecule has 75 heavy (non-hydrogen) atoms. The molecule has 0 aliphatic carbocycles. The van der Waals surface area contributed by atoms with E-state index in [-0.39, 0.29) is 31.1 Å². The summed E-state index contributed by atoms with van der Waals surface area (Å²) in [5.74, 6) is -0.852. The fourth-order valence-corrected chi connectivity index (χ4v) is 9.91. The number of carbonyl (C=O) groups excluding carboxylic acids is 3. The molecule has 0 fully saturated rings. The quantitative estimate of drug-likeness (QED) is 0.0261. The molecule has 0 saturated heterocycles. The molecule has 0 aromatic rings. The molecule has 0 heterocycles. The lowest BCUT2D eigenvalue weighted by molar-refractivity contribution is -0.167. The molecule has 0 aromatic carbocycles. The van der Waals surface area contributed by atoms with Crippen molar-refractivity contribution in [3.05, 3.63) is 48.6 Å². The molecule has 6 nitrogen and oxygen atoms in total. The van der Waals surface area contributed by atoms with Crippen molar-refractivity contribution in [3.8, 4) is 0 Å². The molecular weight excluding hydrogens is 925 g/mol. The van der Waals surface area contributed by atoms with Crippen LogP contribution in [0.2, 0.25) is 0 Å². The topological polar surface area (TPSA) is 78.9 Å². The number of unbranched alkanes of at least 4 members (excludes halogenated alkanes) is 42. The lowest BCUT2D eigenvalue weighted by Crippen LogP contribution is -2.30. The van der Waals surface area contributed by atoms with E-state index in [1.54, 1.807) is 0 Å². The molecule has 0 bridgehead atoms. The van der Waals surface area contributed by atoms with Gasteiger partial charge in [0.2, 0.25) is 0 Å². The van der Waals surface area contributed by atoms with Crippen LogP contribution in [0.1, 0.15) is 355 Å². The van der Waals surface area contributed by atoms with Crippen LogP contribution in [0.15, 0.2) is 48.6 Å². The molecule has 0 amide bonds. The largest absolute Gasteiger partial charge is 0.462 e. The maximum absolute atomic E-state index is 12.9. The van der Waals surface area contributed by atoms with Crippen molar-refractivity contribution in [3.63, 3.8) is 0 Å². The Balaban J connectivity index is 4.19. The summed E-state index contributed by atoms with van der Waals surface area (Å²) >= 11 is 0. The van der Waals surface area contributed by atoms with Crippen LogP contribution in [-0.2, 0) is 28.6 Å². The van der Waals surface area contributed by atoms with Gasteiger partial charge in [-0.25, -0.2) is 0 Å². The molecule has 0 spiro atoms. The van der Waals surface area contributed by atoms with Gasteiger partial charge >= 0.3 is 17.9 Å². The minimum atomic E-state index is -0.772. The summed E-state index contributed by atoms with van der Waals surface area (Å²) in [7, 11) is 0. The molecule has 6 heteroatoms. The summed E-state index contributed by atoms with van der Waals surface area (Å²) in [4.78, 5) is 38.3. The van der Waals surface area contributed by atoms with Gasteiger partial charge in [-0.05, 0) is 57.8 Å². The summed E-state index contributed by atoms with van der Waals surface area (Å²) in [5, 5.41) is 0. The van der Waals surface area contributed by atoms with E-state index in [4.69, 9.17) is 14.2 Å². The van der Waals surface area contributed by atoms with Crippen LogP contribution in [-0.4, -0.2) is 37.2 Å². The number of rotatable bonds is 61. The number of carbonyl (C=O) groups is 3. The normalized spacial score (nSPS) is 12.3. The third-order valence-electron chi connectivity index (χ3n) is 14.8. The molecule has 0 rings (SSSR count). The van der Waals surface area contributed by atoms with Gasteiger partial charge in [0, 0.05) is 19.3 Å². The molecule has 0 saturated carbocycles. The molecule has 0 radical (unpaired) electrons. The highest BCUT2D eigenvalue weighted by Crippen LogP contribution is 2.18. The van der Waals surface area contributed by atoms with Gasteiger partial charge in [-0.2, -0.15) is 0 Å². The third kappa shape index (κ3) is 62.1. The monoisotopic (exact) mass is 1050 g/mol. The van der Waals surface area contributed by atoms with E-state index in [1.165, 1.54) is 231 Å². The Morgan fingerprint density at radius 3 is 0.813 bits per heavy atom. The number of hydrogen-bond acceptors (Lipinski definition) is 6. The van der Waals surface area contributed by atoms with E-state index >= 15 is 0 Å². The van der Waals surface area contributed by atoms with Crippen molar-refractivity contribution in [2.45, 2.75) is 361 Å².